The quantitative estimate of drug-likeness (QED) is 0.863. The summed E-state index contributed by atoms with van der Waals surface area (Å²) in [6, 6.07) is 0. The molecule has 2 heterocycles. The first kappa shape index (κ1) is 12.6. The Kier molecular flexibility index (Phi) is 3.99. The summed E-state index contributed by atoms with van der Waals surface area (Å²) < 4.78 is 5.07. The Morgan fingerprint density at radius 1 is 1.28 bits per heavy atom. The van der Waals surface area contributed by atoms with Gasteiger partial charge in [0.1, 0.15) is 0 Å². The molecule has 0 radical (unpaired) electrons. The third kappa shape index (κ3) is 3.10. The third-order valence-electron chi connectivity index (χ3n) is 2.48. The van der Waals surface area contributed by atoms with Gasteiger partial charge in [0.05, 0.1) is 12.5 Å². The van der Waals surface area contributed by atoms with Crippen LogP contribution in [-0.2, 0) is 6.42 Å². The first-order valence-electron chi connectivity index (χ1n) is 5.98. The van der Waals surface area contributed by atoms with Crippen LogP contribution in [-0.4, -0.2) is 31.3 Å². The number of aryl methyl sites for hydroxylation is 1. The molecule has 1 atom stereocenters. The molecule has 0 amide bonds. The maximum absolute atomic E-state index is 9.66. The van der Waals surface area contributed by atoms with Crippen molar-refractivity contribution in [3.63, 3.8) is 0 Å². The molecule has 0 saturated carbocycles. The van der Waals surface area contributed by atoms with Crippen molar-refractivity contribution in [2.45, 2.75) is 39.2 Å². The van der Waals surface area contributed by atoms with Crippen LogP contribution in [0.15, 0.2) is 16.9 Å². The summed E-state index contributed by atoms with van der Waals surface area (Å²) in [6.45, 7) is 3.93. The lowest BCUT2D eigenvalue weighted by atomic mass is 10.1. The summed E-state index contributed by atoms with van der Waals surface area (Å²) in [6.07, 6.45) is 4.96. The molecule has 1 N–H and O–H groups in total. The van der Waals surface area contributed by atoms with E-state index in [-0.39, 0.29) is 0 Å². The Bertz CT molecular complexity index is 495. The van der Waals surface area contributed by atoms with Crippen molar-refractivity contribution in [1.29, 1.82) is 0 Å². The van der Waals surface area contributed by atoms with E-state index >= 15 is 0 Å². The lowest BCUT2D eigenvalue weighted by Gasteiger charge is -2.03. The highest BCUT2D eigenvalue weighted by molar-refractivity contribution is 5.40. The molecular weight excluding hydrogens is 232 g/mol. The highest BCUT2D eigenvalue weighted by Crippen LogP contribution is 2.12. The van der Waals surface area contributed by atoms with Gasteiger partial charge in [-0.2, -0.15) is 4.98 Å². The predicted octanol–water partition coefficient (Wildman–Crippen LogP) is 1.54. The lowest BCUT2D eigenvalue weighted by molar-refractivity contribution is 0.152. The van der Waals surface area contributed by atoms with Crippen LogP contribution in [0.2, 0.25) is 0 Å². The molecule has 0 saturated heterocycles. The normalized spacial score (nSPS) is 12.6. The average molecular weight is 248 g/mol. The minimum atomic E-state index is -0.442. The molecule has 2 aromatic heterocycles. The van der Waals surface area contributed by atoms with E-state index in [1.54, 1.807) is 12.4 Å². The first-order chi connectivity index (χ1) is 8.69. The van der Waals surface area contributed by atoms with E-state index in [9.17, 15) is 5.11 Å². The molecule has 2 aromatic rings. The maximum Gasteiger partial charge on any atom is 0.240 e. The van der Waals surface area contributed by atoms with E-state index in [2.05, 4.69) is 20.1 Å². The van der Waals surface area contributed by atoms with Crippen molar-refractivity contribution in [2.75, 3.05) is 0 Å². The zero-order valence-electron chi connectivity index (χ0n) is 10.5. The van der Waals surface area contributed by atoms with Gasteiger partial charge in [-0.15, -0.1) is 0 Å². The molecule has 0 aromatic carbocycles. The smallest absolute Gasteiger partial charge is 0.240 e. The minimum absolute atomic E-state index is 0.355. The van der Waals surface area contributed by atoms with Crippen molar-refractivity contribution in [2.24, 2.45) is 0 Å². The average Bonchev–Trinajstić information content (AvgIpc) is 2.78. The summed E-state index contributed by atoms with van der Waals surface area (Å²) in [7, 11) is 0. The van der Waals surface area contributed by atoms with Crippen molar-refractivity contribution in [3.8, 4) is 11.6 Å². The van der Waals surface area contributed by atoms with Crippen molar-refractivity contribution in [1.82, 2.24) is 20.1 Å². The second kappa shape index (κ2) is 5.68. The van der Waals surface area contributed by atoms with E-state index in [4.69, 9.17) is 4.52 Å². The molecule has 1 unspecified atom stereocenters. The molecular formula is C12H16N4O2. The van der Waals surface area contributed by atoms with Crippen LogP contribution in [0.3, 0.4) is 0 Å². The third-order valence-corrected chi connectivity index (χ3v) is 2.48. The van der Waals surface area contributed by atoms with E-state index < -0.39 is 6.10 Å². The Hall–Kier alpha value is -1.82. The molecule has 2 rings (SSSR count). The number of rotatable bonds is 5. The fourth-order valence-corrected chi connectivity index (χ4v) is 1.57. The van der Waals surface area contributed by atoms with Gasteiger partial charge >= 0.3 is 0 Å². The predicted molar refractivity (Wildman–Crippen MR) is 64.7 cm³/mol. The van der Waals surface area contributed by atoms with Crippen LogP contribution < -0.4 is 0 Å². The number of hydrogen-bond acceptors (Lipinski definition) is 6. The fraction of sp³-hybridized carbons (Fsp3) is 0.500. The van der Waals surface area contributed by atoms with Crippen LogP contribution in [0.4, 0.5) is 0 Å². The van der Waals surface area contributed by atoms with E-state index in [0.717, 1.165) is 18.4 Å². The van der Waals surface area contributed by atoms with E-state index in [1.165, 1.54) is 0 Å². The maximum atomic E-state index is 9.66. The number of hydrogen-bond donors (Lipinski definition) is 1. The van der Waals surface area contributed by atoms with Crippen molar-refractivity contribution >= 4 is 0 Å². The molecule has 0 bridgehead atoms. The van der Waals surface area contributed by atoms with Crippen LogP contribution in [0.1, 0.15) is 31.2 Å². The van der Waals surface area contributed by atoms with E-state index in [0.29, 0.717) is 24.0 Å². The summed E-state index contributed by atoms with van der Waals surface area (Å²) in [5.41, 5.74) is 0.973. The molecule has 0 aliphatic carbocycles. The number of aliphatic hydroxyl groups is 1. The van der Waals surface area contributed by atoms with Gasteiger partial charge in [0.2, 0.25) is 17.5 Å². The number of aliphatic hydroxyl groups excluding tert-OH is 1. The largest absolute Gasteiger partial charge is 0.393 e. The van der Waals surface area contributed by atoms with Gasteiger partial charge in [-0.25, -0.2) is 9.97 Å². The molecule has 0 aliphatic heterocycles. The van der Waals surface area contributed by atoms with Gasteiger partial charge in [0.15, 0.2) is 0 Å². The highest BCUT2D eigenvalue weighted by Gasteiger charge is 2.14. The zero-order valence-corrected chi connectivity index (χ0v) is 10.5. The molecule has 0 fully saturated rings. The standard InChI is InChI=1S/C12H16N4O2/c1-3-4-9(17)5-10-15-12(16-18-10)11-13-6-8(2)7-14-11/h6-7,9,17H,3-5H2,1-2H3. The Balaban J connectivity index is 2.08. The number of nitrogens with zero attached hydrogens (tertiary/aromatic N) is 4. The van der Waals surface area contributed by atoms with Crippen molar-refractivity contribution in [3.05, 3.63) is 23.8 Å². The van der Waals surface area contributed by atoms with Crippen LogP contribution in [0, 0.1) is 6.92 Å². The summed E-state index contributed by atoms with van der Waals surface area (Å²) >= 11 is 0. The Morgan fingerprint density at radius 3 is 2.67 bits per heavy atom. The van der Waals surface area contributed by atoms with Crippen LogP contribution in [0.25, 0.3) is 11.6 Å². The molecule has 18 heavy (non-hydrogen) atoms. The van der Waals surface area contributed by atoms with Gasteiger partial charge in [-0.3, -0.25) is 0 Å². The summed E-state index contributed by atoms with van der Waals surface area (Å²) in [4.78, 5) is 12.4. The zero-order chi connectivity index (χ0) is 13.0. The lowest BCUT2D eigenvalue weighted by Crippen LogP contribution is -2.09. The molecule has 6 heteroatoms. The number of aromatic nitrogens is 4. The van der Waals surface area contributed by atoms with Gasteiger partial charge in [-0.1, -0.05) is 18.5 Å². The molecule has 0 aliphatic rings. The van der Waals surface area contributed by atoms with Crippen molar-refractivity contribution < 1.29 is 9.63 Å². The second-order valence-corrected chi connectivity index (χ2v) is 4.24. The fourth-order valence-electron chi connectivity index (χ4n) is 1.57. The van der Waals surface area contributed by atoms with Gasteiger partial charge in [-0.05, 0) is 18.9 Å². The van der Waals surface area contributed by atoms with Crippen LogP contribution in [0.5, 0.6) is 0 Å². The SMILES string of the molecule is CCCC(O)Cc1nc(-c2ncc(C)cn2)no1. The molecule has 6 nitrogen and oxygen atoms in total. The Morgan fingerprint density at radius 2 is 2.00 bits per heavy atom. The van der Waals surface area contributed by atoms with Gasteiger partial charge in [0.25, 0.3) is 0 Å². The minimum Gasteiger partial charge on any atom is -0.393 e. The van der Waals surface area contributed by atoms with Gasteiger partial charge < -0.3 is 9.63 Å². The topological polar surface area (TPSA) is 84.9 Å². The highest BCUT2D eigenvalue weighted by atomic mass is 16.5. The molecule has 0 spiro atoms. The monoisotopic (exact) mass is 248 g/mol. The molecule has 96 valence electrons. The summed E-state index contributed by atoms with van der Waals surface area (Å²) in [5, 5.41) is 13.5. The van der Waals surface area contributed by atoms with Gasteiger partial charge in [0, 0.05) is 12.4 Å². The van der Waals surface area contributed by atoms with E-state index in [1.807, 2.05) is 13.8 Å². The summed E-state index contributed by atoms with van der Waals surface area (Å²) in [5.74, 6) is 1.20. The van der Waals surface area contributed by atoms with Crippen LogP contribution >= 0.6 is 0 Å². The second-order valence-electron chi connectivity index (χ2n) is 4.24. The first-order valence-corrected chi connectivity index (χ1v) is 5.98. The Labute approximate surface area is 105 Å².